The number of nitrogens with zero attached hydrogens (tertiary/aromatic N) is 2. The summed E-state index contributed by atoms with van der Waals surface area (Å²) < 4.78 is 13.8. The van der Waals surface area contributed by atoms with E-state index in [1.54, 1.807) is 17.1 Å². The van der Waals surface area contributed by atoms with Crippen LogP contribution in [0.3, 0.4) is 0 Å². The number of hydrazine groups is 1. The molecule has 2 fully saturated rings. The number of piperidine rings is 1. The number of aromatic amines is 1. The molecule has 0 spiro atoms. The van der Waals surface area contributed by atoms with Crippen LogP contribution in [-0.4, -0.2) is 39.7 Å². The highest BCUT2D eigenvalue weighted by Crippen LogP contribution is 2.53. The smallest absolute Gasteiger partial charge is 0.226 e. The Hall–Kier alpha value is -2.03. The molecule has 0 bridgehead atoms. The number of nitrogens with two attached hydrogens (primary N) is 2. The summed E-state index contributed by atoms with van der Waals surface area (Å²) >= 11 is 0. The number of H-pyrrole nitrogens is 1. The Labute approximate surface area is 138 Å². The van der Waals surface area contributed by atoms with E-state index in [0.29, 0.717) is 29.7 Å². The van der Waals surface area contributed by atoms with Gasteiger partial charge < -0.3 is 11.1 Å². The van der Waals surface area contributed by atoms with Crippen molar-refractivity contribution in [3.8, 4) is 0 Å². The number of fused-ring (bicyclic) bond motifs is 2. The summed E-state index contributed by atoms with van der Waals surface area (Å²) in [5.74, 6) is 5.14. The molecule has 7 nitrogen and oxygen atoms in total. The summed E-state index contributed by atoms with van der Waals surface area (Å²) in [6, 6.07) is 4.79. The quantitative estimate of drug-likeness (QED) is 0.599. The average molecular weight is 332 g/mol. The third-order valence-corrected chi connectivity index (χ3v) is 5.33. The third kappa shape index (κ3) is 2.07. The summed E-state index contributed by atoms with van der Waals surface area (Å²) in [4.78, 5) is 12.7. The minimum absolute atomic E-state index is 0.0895. The van der Waals surface area contributed by atoms with Crippen LogP contribution in [0.15, 0.2) is 18.2 Å². The van der Waals surface area contributed by atoms with Gasteiger partial charge in [-0.3, -0.25) is 15.7 Å². The second-order valence-corrected chi connectivity index (χ2v) is 7.47. The summed E-state index contributed by atoms with van der Waals surface area (Å²) in [5, 5.41) is 12.3. The molecule has 1 saturated carbocycles. The summed E-state index contributed by atoms with van der Waals surface area (Å²) in [7, 11) is 0. The average Bonchev–Trinajstić information content (AvgIpc) is 2.82. The maximum atomic E-state index is 13.8. The van der Waals surface area contributed by atoms with E-state index in [1.165, 1.54) is 6.07 Å². The molecular weight excluding hydrogens is 311 g/mol. The van der Waals surface area contributed by atoms with Crippen molar-refractivity contribution in [2.24, 2.45) is 23.4 Å². The Balaban J connectivity index is 1.57. The zero-order valence-corrected chi connectivity index (χ0v) is 13.6. The van der Waals surface area contributed by atoms with E-state index < -0.39 is 11.1 Å². The van der Waals surface area contributed by atoms with Crippen LogP contribution in [0, 0.1) is 17.7 Å². The zero-order valence-electron chi connectivity index (χ0n) is 13.6. The Morgan fingerprint density at radius 3 is 2.96 bits per heavy atom. The molecule has 4 rings (SSSR count). The van der Waals surface area contributed by atoms with Crippen molar-refractivity contribution < 1.29 is 9.18 Å². The Bertz CT molecular complexity index is 833. The maximum absolute atomic E-state index is 13.8. The van der Waals surface area contributed by atoms with E-state index in [2.05, 4.69) is 15.5 Å². The second-order valence-electron chi connectivity index (χ2n) is 7.47. The number of amides is 1. The van der Waals surface area contributed by atoms with Crippen LogP contribution < -0.4 is 16.9 Å². The molecule has 2 heterocycles. The van der Waals surface area contributed by atoms with Crippen molar-refractivity contribution in [2.75, 3.05) is 13.1 Å². The lowest BCUT2D eigenvalue weighted by Crippen LogP contribution is -2.47. The molecule has 24 heavy (non-hydrogen) atoms. The molecule has 128 valence electrons. The van der Waals surface area contributed by atoms with Crippen molar-refractivity contribution in [1.29, 1.82) is 0 Å². The molecule has 6 N–H and O–H groups in total. The number of hydrogen-bond acceptors (Lipinski definition) is 5. The monoisotopic (exact) mass is 332 g/mol. The number of halogens is 1. The van der Waals surface area contributed by atoms with Gasteiger partial charge in [-0.2, -0.15) is 5.10 Å². The van der Waals surface area contributed by atoms with E-state index in [0.717, 1.165) is 0 Å². The lowest BCUT2D eigenvalue weighted by molar-refractivity contribution is -0.125. The molecular formula is C16H21FN6O. The van der Waals surface area contributed by atoms with Crippen molar-refractivity contribution in [2.45, 2.75) is 24.9 Å². The van der Waals surface area contributed by atoms with Crippen molar-refractivity contribution in [1.82, 2.24) is 20.5 Å². The van der Waals surface area contributed by atoms with Crippen molar-refractivity contribution in [3.05, 3.63) is 29.7 Å². The molecule has 3 atom stereocenters. The Morgan fingerprint density at radius 1 is 1.54 bits per heavy atom. The highest BCUT2D eigenvalue weighted by Gasteiger charge is 2.70. The molecule has 8 heteroatoms. The molecule has 1 aliphatic carbocycles. The maximum Gasteiger partial charge on any atom is 0.226 e. The van der Waals surface area contributed by atoms with E-state index in [-0.39, 0.29) is 23.6 Å². The van der Waals surface area contributed by atoms with Gasteiger partial charge in [0.2, 0.25) is 5.91 Å². The normalized spacial score (nSPS) is 29.7. The summed E-state index contributed by atoms with van der Waals surface area (Å²) in [5.41, 5.74) is 5.94. The van der Waals surface area contributed by atoms with Gasteiger partial charge in [-0.25, -0.2) is 9.40 Å². The minimum Gasteiger partial charge on any atom is -0.345 e. The number of nitrogens with one attached hydrogen (secondary N) is 2. The highest BCUT2D eigenvalue weighted by molar-refractivity contribution is 5.87. The SMILES string of the molecule is CC(C)(NC(=O)[C@@H]1[C@H]2CN(N)C[C@]21N)c1n[nH]c2c(F)cccc12. The van der Waals surface area contributed by atoms with Gasteiger partial charge in [0, 0.05) is 29.9 Å². The van der Waals surface area contributed by atoms with Gasteiger partial charge in [-0.05, 0) is 19.9 Å². The molecule has 1 aromatic heterocycles. The first-order valence-corrected chi connectivity index (χ1v) is 7.97. The Morgan fingerprint density at radius 2 is 2.29 bits per heavy atom. The fourth-order valence-corrected chi connectivity index (χ4v) is 4.06. The first kappa shape index (κ1) is 15.5. The first-order chi connectivity index (χ1) is 11.2. The fourth-order valence-electron chi connectivity index (χ4n) is 4.06. The minimum atomic E-state index is -0.751. The van der Waals surface area contributed by atoms with E-state index in [9.17, 15) is 9.18 Å². The van der Waals surface area contributed by atoms with Crippen LogP contribution in [0.5, 0.6) is 0 Å². The highest BCUT2D eigenvalue weighted by atomic mass is 19.1. The number of carbonyl (C=O) groups excluding carboxylic acids is 1. The van der Waals surface area contributed by atoms with E-state index in [4.69, 9.17) is 11.6 Å². The van der Waals surface area contributed by atoms with Gasteiger partial charge in [0.1, 0.15) is 11.3 Å². The number of aromatic nitrogens is 2. The van der Waals surface area contributed by atoms with E-state index >= 15 is 0 Å². The van der Waals surface area contributed by atoms with Gasteiger partial charge >= 0.3 is 0 Å². The van der Waals surface area contributed by atoms with Crippen LogP contribution in [0.2, 0.25) is 0 Å². The third-order valence-electron chi connectivity index (χ3n) is 5.33. The number of carbonyl (C=O) groups is 1. The Kier molecular flexibility index (Phi) is 3.07. The lowest BCUT2D eigenvalue weighted by Gasteiger charge is -2.26. The molecule has 1 amide bonds. The van der Waals surface area contributed by atoms with Gasteiger partial charge in [-0.1, -0.05) is 12.1 Å². The van der Waals surface area contributed by atoms with Crippen LogP contribution >= 0.6 is 0 Å². The molecule has 2 aromatic rings. The van der Waals surface area contributed by atoms with Gasteiger partial charge in [0.25, 0.3) is 0 Å². The first-order valence-electron chi connectivity index (χ1n) is 7.97. The predicted octanol–water partition coefficient (Wildman–Crippen LogP) is 0.186. The molecule has 0 unspecified atom stereocenters. The van der Waals surface area contributed by atoms with Crippen molar-refractivity contribution in [3.63, 3.8) is 0 Å². The number of hydrogen-bond donors (Lipinski definition) is 4. The van der Waals surface area contributed by atoms with Gasteiger partial charge in [-0.15, -0.1) is 0 Å². The molecule has 1 saturated heterocycles. The van der Waals surface area contributed by atoms with E-state index in [1.807, 2.05) is 13.8 Å². The van der Waals surface area contributed by atoms with Gasteiger partial charge in [0.05, 0.1) is 17.2 Å². The fraction of sp³-hybridized carbons (Fsp3) is 0.500. The molecule has 1 aromatic carbocycles. The van der Waals surface area contributed by atoms with Crippen LogP contribution in [0.25, 0.3) is 10.9 Å². The van der Waals surface area contributed by atoms with Crippen LogP contribution in [0.4, 0.5) is 4.39 Å². The largest absolute Gasteiger partial charge is 0.345 e. The molecule has 2 aliphatic rings. The zero-order chi connectivity index (χ0) is 17.3. The standard InChI is InChI=1S/C16H21FN6O/c1-15(2,13-8-4-3-5-10(17)12(8)21-22-13)20-14(24)11-9-6-23(19)7-16(9,11)18/h3-5,9,11H,6-7,18-19H2,1-2H3,(H,20,24)(H,21,22)/t9-,11+,16+/m1/s1. The van der Waals surface area contributed by atoms with Crippen molar-refractivity contribution >= 4 is 16.8 Å². The number of para-hydroxylation sites is 1. The summed E-state index contributed by atoms with van der Waals surface area (Å²) in [6.45, 7) is 4.85. The topological polar surface area (TPSA) is 113 Å². The molecule has 1 aliphatic heterocycles. The van der Waals surface area contributed by atoms with Crippen LogP contribution in [0.1, 0.15) is 19.5 Å². The number of benzene rings is 1. The van der Waals surface area contributed by atoms with Gasteiger partial charge in [0.15, 0.2) is 0 Å². The molecule has 0 radical (unpaired) electrons. The van der Waals surface area contributed by atoms with Crippen LogP contribution in [-0.2, 0) is 10.3 Å². The second kappa shape index (κ2) is 4.75. The predicted molar refractivity (Wildman–Crippen MR) is 86.9 cm³/mol. The summed E-state index contributed by atoms with van der Waals surface area (Å²) in [6.07, 6.45) is 0. The number of rotatable bonds is 3. The lowest BCUT2D eigenvalue weighted by atomic mass is 9.96.